The molecule has 2 aromatic rings. The first kappa shape index (κ1) is 14.2. The molecular formula is C15H17BrS2. The third-order valence-electron chi connectivity index (χ3n) is 2.72. The van der Waals surface area contributed by atoms with Crippen molar-refractivity contribution in [3.05, 3.63) is 50.6 Å². The molecule has 0 aliphatic heterocycles. The lowest BCUT2D eigenvalue weighted by molar-refractivity contribution is 0.590. The Labute approximate surface area is 126 Å². The van der Waals surface area contributed by atoms with E-state index in [-0.39, 0.29) is 5.41 Å². The first-order chi connectivity index (χ1) is 8.45. The van der Waals surface area contributed by atoms with Crippen LogP contribution in [0.15, 0.2) is 45.1 Å². The molecule has 0 radical (unpaired) electrons. The van der Waals surface area contributed by atoms with Crippen LogP contribution in [0, 0.1) is 0 Å². The highest BCUT2D eigenvalue weighted by Crippen LogP contribution is 2.30. The molecule has 0 spiro atoms. The van der Waals surface area contributed by atoms with Gasteiger partial charge in [-0.25, -0.2) is 0 Å². The third-order valence-corrected chi connectivity index (χ3v) is 5.66. The van der Waals surface area contributed by atoms with Gasteiger partial charge in [-0.1, -0.05) is 32.9 Å². The number of benzene rings is 1. The second-order valence-electron chi connectivity index (χ2n) is 5.29. The van der Waals surface area contributed by atoms with Crippen LogP contribution in [0.5, 0.6) is 0 Å². The Bertz CT molecular complexity index is 506. The smallest absolute Gasteiger partial charge is 0.0326 e. The highest BCUT2D eigenvalue weighted by atomic mass is 79.9. The van der Waals surface area contributed by atoms with Gasteiger partial charge in [0.2, 0.25) is 0 Å². The van der Waals surface area contributed by atoms with Crippen molar-refractivity contribution in [2.24, 2.45) is 0 Å². The molecule has 0 fully saturated rings. The Hall–Kier alpha value is -0.250. The molecule has 96 valence electrons. The normalized spacial score (nSPS) is 11.8. The van der Waals surface area contributed by atoms with E-state index in [2.05, 4.69) is 72.4 Å². The molecule has 1 aromatic carbocycles. The summed E-state index contributed by atoms with van der Waals surface area (Å²) in [6.07, 6.45) is 0. The molecule has 1 heterocycles. The number of rotatable bonds is 3. The SMILES string of the molecule is CC(C)(C)c1ccc(SCc2cc(Br)cs2)cc1. The van der Waals surface area contributed by atoms with E-state index in [0.29, 0.717) is 0 Å². The summed E-state index contributed by atoms with van der Waals surface area (Å²) in [6, 6.07) is 11.1. The maximum Gasteiger partial charge on any atom is 0.0326 e. The van der Waals surface area contributed by atoms with E-state index in [9.17, 15) is 0 Å². The molecule has 0 nitrogen and oxygen atoms in total. The monoisotopic (exact) mass is 340 g/mol. The van der Waals surface area contributed by atoms with Crippen LogP contribution in [0.25, 0.3) is 0 Å². The Morgan fingerprint density at radius 2 is 1.83 bits per heavy atom. The molecule has 18 heavy (non-hydrogen) atoms. The minimum atomic E-state index is 0.238. The van der Waals surface area contributed by atoms with Gasteiger partial charge in [0.05, 0.1) is 0 Å². The first-order valence-electron chi connectivity index (χ1n) is 5.91. The summed E-state index contributed by atoms with van der Waals surface area (Å²) in [5.41, 5.74) is 1.63. The van der Waals surface area contributed by atoms with E-state index >= 15 is 0 Å². The van der Waals surface area contributed by atoms with Crippen LogP contribution in [-0.4, -0.2) is 0 Å². The Morgan fingerprint density at radius 3 is 2.33 bits per heavy atom. The molecule has 3 heteroatoms. The second kappa shape index (κ2) is 5.81. The summed E-state index contributed by atoms with van der Waals surface area (Å²) < 4.78 is 1.19. The Balaban J connectivity index is 1.98. The van der Waals surface area contributed by atoms with Gasteiger partial charge in [-0.05, 0) is 45.1 Å². The maximum absolute atomic E-state index is 3.49. The lowest BCUT2D eigenvalue weighted by Crippen LogP contribution is -2.10. The van der Waals surface area contributed by atoms with Crippen LogP contribution in [-0.2, 0) is 11.2 Å². The second-order valence-corrected chi connectivity index (χ2v) is 8.25. The van der Waals surface area contributed by atoms with Gasteiger partial charge in [0.1, 0.15) is 0 Å². The number of hydrogen-bond donors (Lipinski definition) is 0. The van der Waals surface area contributed by atoms with Crippen molar-refractivity contribution in [2.75, 3.05) is 0 Å². The average Bonchev–Trinajstić information content (AvgIpc) is 2.72. The molecule has 0 atom stereocenters. The Kier molecular flexibility index (Phi) is 4.57. The molecule has 0 aliphatic rings. The van der Waals surface area contributed by atoms with Gasteiger partial charge in [0.25, 0.3) is 0 Å². The van der Waals surface area contributed by atoms with Gasteiger partial charge < -0.3 is 0 Å². The number of hydrogen-bond acceptors (Lipinski definition) is 2. The quantitative estimate of drug-likeness (QED) is 0.608. The maximum atomic E-state index is 3.49. The molecule has 2 rings (SSSR count). The fourth-order valence-corrected chi connectivity index (χ4v) is 4.04. The van der Waals surface area contributed by atoms with Crippen LogP contribution in [0.2, 0.25) is 0 Å². The van der Waals surface area contributed by atoms with Gasteiger partial charge >= 0.3 is 0 Å². The van der Waals surface area contributed by atoms with Crippen molar-refractivity contribution in [1.29, 1.82) is 0 Å². The minimum absolute atomic E-state index is 0.238. The summed E-state index contributed by atoms with van der Waals surface area (Å²) in [5, 5.41) is 2.14. The van der Waals surface area contributed by atoms with Crippen LogP contribution < -0.4 is 0 Å². The van der Waals surface area contributed by atoms with Crippen molar-refractivity contribution < 1.29 is 0 Å². The topological polar surface area (TPSA) is 0 Å². The van der Waals surface area contributed by atoms with E-state index in [1.165, 1.54) is 19.8 Å². The highest BCUT2D eigenvalue weighted by molar-refractivity contribution is 9.10. The van der Waals surface area contributed by atoms with Gasteiger partial charge in [0.15, 0.2) is 0 Å². The molecule has 1 aromatic heterocycles. The summed E-state index contributed by atoms with van der Waals surface area (Å²) in [4.78, 5) is 2.75. The molecule has 0 unspecified atom stereocenters. The van der Waals surface area contributed by atoms with E-state index in [0.717, 1.165) is 5.75 Å². The number of thioether (sulfide) groups is 1. The zero-order valence-corrected chi connectivity index (χ0v) is 14.1. The molecular weight excluding hydrogens is 324 g/mol. The zero-order chi connectivity index (χ0) is 13.2. The van der Waals surface area contributed by atoms with Crippen LogP contribution in [0.3, 0.4) is 0 Å². The highest BCUT2D eigenvalue weighted by Gasteiger charge is 2.12. The summed E-state index contributed by atoms with van der Waals surface area (Å²) in [6.45, 7) is 6.75. The van der Waals surface area contributed by atoms with Gasteiger partial charge in [-0.3, -0.25) is 0 Å². The average molecular weight is 341 g/mol. The van der Waals surface area contributed by atoms with Gasteiger partial charge in [-0.2, -0.15) is 0 Å². The van der Waals surface area contributed by atoms with Crippen molar-refractivity contribution in [1.82, 2.24) is 0 Å². The van der Waals surface area contributed by atoms with Crippen LogP contribution >= 0.6 is 39.0 Å². The predicted molar refractivity (Wildman–Crippen MR) is 86.7 cm³/mol. The molecule has 0 amide bonds. The summed E-state index contributed by atoms with van der Waals surface area (Å²) in [7, 11) is 0. The molecule has 0 N–H and O–H groups in total. The van der Waals surface area contributed by atoms with Gasteiger partial charge in [-0.15, -0.1) is 23.1 Å². The minimum Gasteiger partial charge on any atom is -0.147 e. The van der Waals surface area contributed by atoms with Crippen LogP contribution in [0.1, 0.15) is 31.2 Å². The number of thiophene rings is 1. The molecule has 0 bridgehead atoms. The van der Waals surface area contributed by atoms with Crippen molar-refractivity contribution in [3.63, 3.8) is 0 Å². The Morgan fingerprint density at radius 1 is 1.17 bits per heavy atom. The van der Waals surface area contributed by atoms with E-state index in [4.69, 9.17) is 0 Å². The van der Waals surface area contributed by atoms with E-state index in [1.54, 1.807) is 0 Å². The zero-order valence-electron chi connectivity index (χ0n) is 10.9. The lowest BCUT2D eigenvalue weighted by Gasteiger charge is -2.19. The fraction of sp³-hybridized carbons (Fsp3) is 0.333. The van der Waals surface area contributed by atoms with Crippen molar-refractivity contribution in [3.8, 4) is 0 Å². The van der Waals surface area contributed by atoms with E-state index < -0.39 is 0 Å². The fourth-order valence-electron chi connectivity index (χ4n) is 1.64. The largest absolute Gasteiger partial charge is 0.147 e. The molecule has 0 saturated heterocycles. The predicted octanol–water partition coefficient (Wildman–Crippen LogP) is 6.10. The third kappa shape index (κ3) is 3.87. The molecule has 0 saturated carbocycles. The molecule has 0 aliphatic carbocycles. The van der Waals surface area contributed by atoms with Crippen molar-refractivity contribution in [2.45, 2.75) is 36.8 Å². The summed E-state index contributed by atoms with van der Waals surface area (Å²) >= 11 is 7.20. The van der Waals surface area contributed by atoms with Crippen LogP contribution in [0.4, 0.5) is 0 Å². The summed E-state index contributed by atoms with van der Waals surface area (Å²) in [5.74, 6) is 1.05. The van der Waals surface area contributed by atoms with Crippen molar-refractivity contribution >= 4 is 39.0 Å². The van der Waals surface area contributed by atoms with Gasteiger partial charge in [0, 0.05) is 25.4 Å². The first-order valence-corrected chi connectivity index (χ1v) is 8.57. The van der Waals surface area contributed by atoms with E-state index in [1.807, 2.05) is 23.1 Å². The number of halogens is 1. The standard InChI is InChI=1S/C15H17BrS2/c1-15(2,3)11-4-6-13(7-5-11)18-10-14-8-12(16)9-17-14/h4-9H,10H2,1-3H3. The lowest BCUT2D eigenvalue weighted by atomic mass is 9.87.